The summed E-state index contributed by atoms with van der Waals surface area (Å²) in [6.45, 7) is 11.7. The third kappa shape index (κ3) is 5.42. The zero-order chi connectivity index (χ0) is 19.3. The molecule has 1 rings (SSSR count). The van der Waals surface area contributed by atoms with E-state index in [2.05, 4.69) is 13.8 Å². The van der Waals surface area contributed by atoms with Crippen LogP contribution in [-0.4, -0.2) is 62.1 Å². The molecule has 2 unspecified atom stereocenters. The van der Waals surface area contributed by atoms with Crippen LogP contribution >= 0.6 is 0 Å². The van der Waals surface area contributed by atoms with Crippen LogP contribution in [0.25, 0.3) is 0 Å². The summed E-state index contributed by atoms with van der Waals surface area (Å²) < 4.78 is 35.4. The molecule has 0 aromatic heterocycles. The topological polar surface area (TPSA) is 76.1 Å². The third-order valence-electron chi connectivity index (χ3n) is 5.44. The molecule has 2 atom stereocenters. The van der Waals surface area contributed by atoms with E-state index >= 15 is 0 Å². The molecule has 0 radical (unpaired) electrons. The van der Waals surface area contributed by atoms with Crippen molar-refractivity contribution in [2.75, 3.05) is 32.6 Å². The van der Waals surface area contributed by atoms with Crippen molar-refractivity contribution >= 4 is 9.84 Å². The Morgan fingerprint density at radius 3 is 2.24 bits per heavy atom. The highest BCUT2D eigenvalue weighted by Crippen LogP contribution is 2.39. The van der Waals surface area contributed by atoms with Gasteiger partial charge in [-0.25, -0.2) is 8.42 Å². The fourth-order valence-corrected chi connectivity index (χ4v) is 4.82. The largest absolute Gasteiger partial charge is 0.498 e. The van der Waals surface area contributed by atoms with Crippen LogP contribution in [0.5, 0.6) is 0 Å². The highest BCUT2D eigenvalue weighted by molar-refractivity contribution is 7.92. The van der Waals surface area contributed by atoms with Crippen molar-refractivity contribution in [2.45, 2.75) is 65.0 Å². The Kier molecular flexibility index (Phi) is 8.38. The smallest absolute Gasteiger partial charge is 0.216 e. The number of allylic oxidation sites excluding steroid dienone is 1. The first-order valence-corrected chi connectivity index (χ1v) is 11.0. The Hall–Kier alpha value is -0.630. The number of aliphatic hydroxyl groups is 1. The fraction of sp³-hybridized carbons (Fsp3) is 0.889. The standard InChI is InChI=1S/C18H35NO5S/c1-7-14(3)13-24-16(5)15(4)18(25(6,21)22)9-11-19(12-10-18)17(20)23-8-2/h14,17,20H,7-13H2,1-6H3. The maximum Gasteiger partial charge on any atom is 0.216 e. The summed E-state index contributed by atoms with van der Waals surface area (Å²) in [5, 5.41) is 9.98. The summed E-state index contributed by atoms with van der Waals surface area (Å²) in [4.78, 5) is 1.77. The van der Waals surface area contributed by atoms with Gasteiger partial charge in [-0.15, -0.1) is 0 Å². The second kappa shape index (κ2) is 9.35. The van der Waals surface area contributed by atoms with Gasteiger partial charge in [-0.2, -0.15) is 0 Å². The maximum atomic E-state index is 12.6. The lowest BCUT2D eigenvalue weighted by molar-refractivity contribution is -0.195. The summed E-state index contributed by atoms with van der Waals surface area (Å²) in [7, 11) is -3.32. The number of likely N-dealkylation sites (tertiary alicyclic amines) is 1. The minimum atomic E-state index is -3.32. The van der Waals surface area contributed by atoms with Crippen molar-refractivity contribution in [3.8, 4) is 0 Å². The monoisotopic (exact) mass is 377 g/mol. The first kappa shape index (κ1) is 22.4. The van der Waals surface area contributed by atoms with Crippen molar-refractivity contribution in [1.82, 2.24) is 4.90 Å². The molecule has 25 heavy (non-hydrogen) atoms. The van der Waals surface area contributed by atoms with Gasteiger partial charge in [-0.3, -0.25) is 4.90 Å². The Morgan fingerprint density at radius 2 is 1.80 bits per heavy atom. The quantitative estimate of drug-likeness (QED) is 0.491. The molecule has 1 aliphatic heterocycles. The minimum absolute atomic E-state index is 0.413. The average molecular weight is 378 g/mol. The van der Waals surface area contributed by atoms with E-state index in [1.807, 2.05) is 20.8 Å². The van der Waals surface area contributed by atoms with Crippen LogP contribution in [-0.2, 0) is 19.3 Å². The minimum Gasteiger partial charge on any atom is -0.498 e. The van der Waals surface area contributed by atoms with E-state index in [0.29, 0.717) is 50.8 Å². The lowest BCUT2D eigenvalue weighted by atomic mass is 9.88. The summed E-state index contributed by atoms with van der Waals surface area (Å²) in [6, 6.07) is 0. The van der Waals surface area contributed by atoms with Gasteiger partial charge in [0.1, 0.15) is 0 Å². The molecule has 1 fully saturated rings. The van der Waals surface area contributed by atoms with Crippen molar-refractivity contribution in [3.63, 3.8) is 0 Å². The number of sulfone groups is 1. The summed E-state index contributed by atoms with van der Waals surface area (Å²) in [5.41, 5.74) is 0.781. The summed E-state index contributed by atoms with van der Waals surface area (Å²) in [5.74, 6) is 1.13. The van der Waals surface area contributed by atoms with Crippen LogP contribution in [0, 0.1) is 5.92 Å². The number of hydrogen-bond acceptors (Lipinski definition) is 6. The van der Waals surface area contributed by atoms with E-state index < -0.39 is 21.0 Å². The van der Waals surface area contributed by atoms with Crippen molar-refractivity contribution in [2.24, 2.45) is 5.92 Å². The Labute approximate surface area is 153 Å². The molecule has 0 spiro atoms. The lowest BCUT2D eigenvalue weighted by Gasteiger charge is -2.42. The van der Waals surface area contributed by atoms with Crippen molar-refractivity contribution in [1.29, 1.82) is 0 Å². The van der Waals surface area contributed by atoms with Gasteiger partial charge < -0.3 is 14.6 Å². The molecule has 148 valence electrons. The van der Waals surface area contributed by atoms with Gasteiger partial charge >= 0.3 is 0 Å². The Morgan fingerprint density at radius 1 is 1.24 bits per heavy atom. The molecule has 6 nitrogen and oxygen atoms in total. The highest BCUT2D eigenvalue weighted by atomic mass is 32.2. The van der Waals surface area contributed by atoms with Crippen LogP contribution in [0.2, 0.25) is 0 Å². The number of ether oxygens (including phenoxy) is 2. The molecule has 0 bridgehead atoms. The Bertz CT molecular complexity index is 550. The van der Waals surface area contributed by atoms with Gasteiger partial charge in [0.25, 0.3) is 0 Å². The molecule has 1 aliphatic rings. The van der Waals surface area contributed by atoms with Crippen molar-refractivity contribution < 1.29 is 23.0 Å². The van der Waals surface area contributed by atoms with Crippen LogP contribution < -0.4 is 0 Å². The number of nitrogens with zero attached hydrogens (tertiary/aromatic N) is 1. The SMILES string of the molecule is CCOC(O)N1CCC(C(C)=C(C)OCC(C)CC)(S(C)(=O)=O)CC1. The van der Waals surface area contributed by atoms with Gasteiger partial charge in [0.2, 0.25) is 6.41 Å². The molecule has 0 aliphatic carbocycles. The number of piperidine rings is 1. The summed E-state index contributed by atoms with van der Waals surface area (Å²) >= 11 is 0. The van der Waals surface area contributed by atoms with E-state index in [-0.39, 0.29) is 0 Å². The molecular weight excluding hydrogens is 342 g/mol. The first-order chi connectivity index (χ1) is 11.6. The molecule has 0 aromatic rings. The predicted octanol–water partition coefficient (Wildman–Crippen LogP) is 2.53. The molecule has 0 aromatic carbocycles. The van der Waals surface area contributed by atoms with Gasteiger partial charge in [0.15, 0.2) is 9.84 Å². The normalized spacial score (nSPS) is 22.2. The number of rotatable bonds is 9. The lowest BCUT2D eigenvalue weighted by Crippen LogP contribution is -2.53. The molecule has 1 heterocycles. The maximum absolute atomic E-state index is 12.6. The zero-order valence-corrected chi connectivity index (χ0v) is 17.4. The van der Waals surface area contributed by atoms with E-state index in [9.17, 15) is 13.5 Å². The second-order valence-electron chi connectivity index (χ2n) is 7.09. The molecular formula is C18H35NO5S. The summed E-state index contributed by atoms with van der Waals surface area (Å²) in [6.07, 6.45) is 2.19. The van der Waals surface area contributed by atoms with Crippen LogP contribution in [0.4, 0.5) is 0 Å². The van der Waals surface area contributed by atoms with E-state index in [1.54, 1.807) is 4.90 Å². The van der Waals surface area contributed by atoms with E-state index in [1.165, 1.54) is 6.26 Å². The van der Waals surface area contributed by atoms with E-state index in [0.717, 1.165) is 12.0 Å². The number of aliphatic hydroxyl groups excluding tert-OH is 1. The van der Waals surface area contributed by atoms with Gasteiger partial charge in [0, 0.05) is 26.0 Å². The molecule has 0 amide bonds. The molecule has 7 heteroatoms. The van der Waals surface area contributed by atoms with Gasteiger partial charge in [0.05, 0.1) is 17.1 Å². The van der Waals surface area contributed by atoms with Crippen molar-refractivity contribution in [3.05, 3.63) is 11.3 Å². The van der Waals surface area contributed by atoms with Crippen LogP contribution in [0.15, 0.2) is 11.3 Å². The Balaban J connectivity index is 2.99. The third-order valence-corrected chi connectivity index (χ3v) is 7.57. The van der Waals surface area contributed by atoms with E-state index in [4.69, 9.17) is 9.47 Å². The predicted molar refractivity (Wildman–Crippen MR) is 99.8 cm³/mol. The molecule has 0 saturated carbocycles. The second-order valence-corrected chi connectivity index (χ2v) is 9.42. The first-order valence-electron chi connectivity index (χ1n) is 9.13. The van der Waals surface area contributed by atoms with Crippen LogP contribution in [0.3, 0.4) is 0 Å². The molecule has 1 N–H and O–H groups in total. The number of hydrogen-bond donors (Lipinski definition) is 1. The zero-order valence-electron chi connectivity index (χ0n) is 16.5. The fourth-order valence-electron chi connectivity index (χ4n) is 3.20. The van der Waals surface area contributed by atoms with Crippen LogP contribution in [0.1, 0.15) is 53.9 Å². The van der Waals surface area contributed by atoms with Gasteiger partial charge in [-0.05, 0) is 45.1 Å². The van der Waals surface area contributed by atoms with Gasteiger partial charge in [-0.1, -0.05) is 20.3 Å². The molecule has 1 saturated heterocycles. The average Bonchev–Trinajstić information content (AvgIpc) is 2.57. The highest BCUT2D eigenvalue weighted by Gasteiger charge is 2.46.